The van der Waals surface area contributed by atoms with Gasteiger partial charge in [-0.05, 0) is 18.8 Å². The highest BCUT2D eigenvalue weighted by Gasteiger charge is 2.20. The number of rotatable bonds is 2. The molecule has 1 fully saturated rings. The number of urea groups is 1. The van der Waals surface area contributed by atoms with Gasteiger partial charge < -0.3 is 10.2 Å². The quantitative estimate of drug-likeness (QED) is 0.663. The van der Waals surface area contributed by atoms with Gasteiger partial charge in [-0.15, -0.1) is 6.42 Å². The minimum atomic E-state index is -0.150. The summed E-state index contributed by atoms with van der Waals surface area (Å²) in [5, 5.41) is 2.86. The normalized spacial score (nSPS) is 18.0. The third-order valence-electron chi connectivity index (χ3n) is 2.52. The number of terminal acetylenes is 1. The zero-order valence-electron chi connectivity index (χ0n) is 8.92. The first kappa shape index (κ1) is 10.9. The first-order valence-electron chi connectivity index (χ1n) is 5.16. The predicted molar refractivity (Wildman–Crippen MR) is 56.8 cm³/mol. The average Bonchev–Trinajstić information content (AvgIpc) is 2.65. The van der Waals surface area contributed by atoms with E-state index in [2.05, 4.69) is 11.2 Å². The van der Waals surface area contributed by atoms with Gasteiger partial charge >= 0.3 is 6.03 Å². The number of likely N-dealkylation sites (tertiary alicyclic amines) is 1. The van der Waals surface area contributed by atoms with Gasteiger partial charge in [0.05, 0.1) is 6.04 Å². The smallest absolute Gasteiger partial charge is 0.318 e. The van der Waals surface area contributed by atoms with Crippen LogP contribution in [0.5, 0.6) is 0 Å². The fourth-order valence-electron chi connectivity index (χ4n) is 1.55. The molecule has 0 bridgehead atoms. The van der Waals surface area contributed by atoms with E-state index in [1.807, 2.05) is 18.7 Å². The maximum absolute atomic E-state index is 11.6. The van der Waals surface area contributed by atoms with E-state index in [1.165, 1.54) is 0 Å². The van der Waals surface area contributed by atoms with E-state index in [9.17, 15) is 4.79 Å². The summed E-state index contributed by atoms with van der Waals surface area (Å²) in [6.45, 7) is 5.74. The molecule has 0 aromatic carbocycles. The second-order valence-electron chi connectivity index (χ2n) is 4.03. The van der Waals surface area contributed by atoms with Crippen LogP contribution < -0.4 is 5.32 Å². The second kappa shape index (κ2) is 4.90. The van der Waals surface area contributed by atoms with E-state index >= 15 is 0 Å². The van der Waals surface area contributed by atoms with Crippen LogP contribution >= 0.6 is 0 Å². The van der Waals surface area contributed by atoms with Crippen molar-refractivity contribution in [3.63, 3.8) is 0 Å². The molecular weight excluding hydrogens is 176 g/mol. The number of carbonyl (C=O) groups excluding carboxylic acids is 1. The van der Waals surface area contributed by atoms with E-state index in [0.717, 1.165) is 25.9 Å². The summed E-state index contributed by atoms with van der Waals surface area (Å²) in [4.78, 5) is 13.5. The third-order valence-corrected chi connectivity index (χ3v) is 2.52. The van der Waals surface area contributed by atoms with Crippen LogP contribution in [0.1, 0.15) is 26.7 Å². The topological polar surface area (TPSA) is 32.3 Å². The van der Waals surface area contributed by atoms with Gasteiger partial charge in [-0.3, -0.25) is 0 Å². The van der Waals surface area contributed by atoms with Crippen LogP contribution in [-0.2, 0) is 0 Å². The van der Waals surface area contributed by atoms with Gasteiger partial charge in [0.1, 0.15) is 0 Å². The van der Waals surface area contributed by atoms with Crippen molar-refractivity contribution in [2.24, 2.45) is 5.92 Å². The third kappa shape index (κ3) is 2.66. The van der Waals surface area contributed by atoms with Gasteiger partial charge in [0, 0.05) is 13.1 Å². The minimum absolute atomic E-state index is 0.0147. The Morgan fingerprint density at radius 1 is 1.43 bits per heavy atom. The first-order valence-corrected chi connectivity index (χ1v) is 5.16. The number of nitrogens with zero attached hydrogens (tertiary/aromatic N) is 1. The first-order chi connectivity index (χ1) is 6.65. The van der Waals surface area contributed by atoms with Crippen LogP contribution in [0.15, 0.2) is 0 Å². The number of nitrogens with one attached hydrogen (secondary N) is 1. The highest BCUT2D eigenvalue weighted by Crippen LogP contribution is 2.08. The summed E-state index contributed by atoms with van der Waals surface area (Å²) in [5.74, 6) is 2.88. The number of amides is 2. The molecule has 0 spiro atoms. The molecular formula is C11H18N2O. The second-order valence-corrected chi connectivity index (χ2v) is 4.03. The van der Waals surface area contributed by atoms with Gasteiger partial charge in [-0.2, -0.15) is 0 Å². The zero-order valence-corrected chi connectivity index (χ0v) is 8.92. The molecule has 1 heterocycles. The highest BCUT2D eigenvalue weighted by atomic mass is 16.2. The van der Waals surface area contributed by atoms with Crippen LogP contribution in [-0.4, -0.2) is 30.1 Å². The molecule has 14 heavy (non-hydrogen) atoms. The number of hydrogen-bond acceptors (Lipinski definition) is 1. The predicted octanol–water partition coefficient (Wildman–Crippen LogP) is 1.45. The van der Waals surface area contributed by atoms with Crippen molar-refractivity contribution in [2.45, 2.75) is 32.7 Å². The molecule has 1 unspecified atom stereocenters. The van der Waals surface area contributed by atoms with Gasteiger partial charge in [-0.1, -0.05) is 19.8 Å². The summed E-state index contributed by atoms with van der Waals surface area (Å²) >= 11 is 0. The minimum Gasteiger partial charge on any atom is -0.325 e. The lowest BCUT2D eigenvalue weighted by atomic mass is 10.1. The maximum atomic E-state index is 11.6. The molecule has 3 heteroatoms. The molecule has 1 rings (SSSR count). The SMILES string of the molecule is C#CC(NC(=O)N1CCCC1)C(C)C. The van der Waals surface area contributed by atoms with Gasteiger partial charge in [0.2, 0.25) is 0 Å². The molecule has 0 saturated carbocycles. The summed E-state index contributed by atoms with van der Waals surface area (Å²) in [5.41, 5.74) is 0. The highest BCUT2D eigenvalue weighted by molar-refractivity contribution is 5.75. The molecule has 0 radical (unpaired) electrons. The largest absolute Gasteiger partial charge is 0.325 e. The summed E-state index contributed by atoms with van der Waals surface area (Å²) in [6, 6.07) is -0.165. The Morgan fingerprint density at radius 2 is 2.00 bits per heavy atom. The van der Waals surface area contributed by atoms with Crippen molar-refractivity contribution >= 4 is 6.03 Å². The summed E-state index contributed by atoms with van der Waals surface area (Å²) in [6.07, 6.45) is 7.55. The summed E-state index contributed by atoms with van der Waals surface area (Å²) < 4.78 is 0. The standard InChI is InChI=1S/C11H18N2O/c1-4-10(9(2)3)12-11(14)13-7-5-6-8-13/h1,9-10H,5-8H2,2-3H3,(H,12,14). The van der Waals surface area contributed by atoms with E-state index < -0.39 is 0 Å². The molecule has 2 amide bonds. The Labute approximate surface area is 85.9 Å². The molecule has 78 valence electrons. The Balaban J connectivity index is 2.42. The molecule has 1 saturated heterocycles. The van der Waals surface area contributed by atoms with Gasteiger partial charge in [-0.25, -0.2) is 4.79 Å². The number of hydrogen-bond donors (Lipinski definition) is 1. The molecule has 1 aliphatic rings. The van der Waals surface area contributed by atoms with E-state index in [4.69, 9.17) is 6.42 Å². The molecule has 3 nitrogen and oxygen atoms in total. The van der Waals surface area contributed by atoms with E-state index in [1.54, 1.807) is 0 Å². The Hall–Kier alpha value is -1.17. The van der Waals surface area contributed by atoms with Gasteiger partial charge in [0.25, 0.3) is 0 Å². The lowest BCUT2D eigenvalue weighted by Crippen LogP contribution is -2.45. The average molecular weight is 194 g/mol. The van der Waals surface area contributed by atoms with Crippen LogP contribution in [0, 0.1) is 18.3 Å². The van der Waals surface area contributed by atoms with Crippen molar-refractivity contribution in [2.75, 3.05) is 13.1 Å². The molecule has 0 aliphatic carbocycles. The fraction of sp³-hybridized carbons (Fsp3) is 0.727. The Morgan fingerprint density at radius 3 is 2.43 bits per heavy atom. The van der Waals surface area contributed by atoms with Crippen molar-refractivity contribution in [1.29, 1.82) is 0 Å². The fourth-order valence-corrected chi connectivity index (χ4v) is 1.55. The molecule has 0 aromatic rings. The monoisotopic (exact) mass is 194 g/mol. The van der Waals surface area contributed by atoms with Crippen molar-refractivity contribution < 1.29 is 4.79 Å². The number of carbonyl (C=O) groups is 1. The molecule has 1 aliphatic heterocycles. The molecule has 1 N–H and O–H groups in total. The zero-order chi connectivity index (χ0) is 10.6. The maximum Gasteiger partial charge on any atom is 0.318 e. The van der Waals surface area contributed by atoms with Crippen LogP contribution in [0.2, 0.25) is 0 Å². The van der Waals surface area contributed by atoms with Gasteiger partial charge in [0.15, 0.2) is 0 Å². The van der Waals surface area contributed by atoms with Crippen LogP contribution in [0.25, 0.3) is 0 Å². The Kier molecular flexibility index (Phi) is 3.82. The van der Waals surface area contributed by atoms with Crippen LogP contribution in [0.3, 0.4) is 0 Å². The van der Waals surface area contributed by atoms with Crippen molar-refractivity contribution in [1.82, 2.24) is 10.2 Å². The van der Waals surface area contributed by atoms with Crippen LogP contribution in [0.4, 0.5) is 4.79 Å². The van der Waals surface area contributed by atoms with E-state index in [-0.39, 0.29) is 18.0 Å². The molecule has 0 aromatic heterocycles. The summed E-state index contributed by atoms with van der Waals surface area (Å²) in [7, 11) is 0. The molecule has 1 atom stereocenters. The Bertz CT molecular complexity index is 236. The van der Waals surface area contributed by atoms with E-state index in [0.29, 0.717) is 0 Å². The van der Waals surface area contributed by atoms with Crippen molar-refractivity contribution in [3.8, 4) is 12.3 Å². The van der Waals surface area contributed by atoms with Crippen molar-refractivity contribution in [3.05, 3.63) is 0 Å². The lowest BCUT2D eigenvalue weighted by molar-refractivity contribution is 0.204. The lowest BCUT2D eigenvalue weighted by Gasteiger charge is -2.21.